The number of carbonyl (C=O) groups is 1. The van der Waals surface area contributed by atoms with Crippen molar-refractivity contribution in [2.75, 3.05) is 24.5 Å². The summed E-state index contributed by atoms with van der Waals surface area (Å²) in [5, 5.41) is 5.90. The molecule has 24 heavy (non-hydrogen) atoms. The van der Waals surface area contributed by atoms with Crippen molar-refractivity contribution in [2.24, 2.45) is 5.92 Å². The van der Waals surface area contributed by atoms with Gasteiger partial charge >= 0.3 is 6.03 Å². The van der Waals surface area contributed by atoms with Gasteiger partial charge in [0.15, 0.2) is 0 Å². The summed E-state index contributed by atoms with van der Waals surface area (Å²) < 4.78 is 1.10. The molecule has 3 rings (SSSR count). The van der Waals surface area contributed by atoms with Gasteiger partial charge in [-0.25, -0.2) is 4.79 Å². The van der Waals surface area contributed by atoms with Crippen molar-refractivity contribution >= 4 is 27.6 Å². The number of nitrogens with zero attached hydrogens (tertiary/aromatic N) is 1. The van der Waals surface area contributed by atoms with E-state index in [9.17, 15) is 4.79 Å². The number of carbonyl (C=O) groups excluding carboxylic acids is 1. The molecule has 1 aliphatic heterocycles. The van der Waals surface area contributed by atoms with Crippen molar-refractivity contribution in [2.45, 2.75) is 13.0 Å². The van der Waals surface area contributed by atoms with Crippen LogP contribution in [0.3, 0.4) is 0 Å². The summed E-state index contributed by atoms with van der Waals surface area (Å²) in [4.78, 5) is 14.3. The fraction of sp³-hybridized carbons (Fsp3) is 0.316. The predicted octanol–water partition coefficient (Wildman–Crippen LogP) is 3.77. The average molecular weight is 388 g/mol. The van der Waals surface area contributed by atoms with Gasteiger partial charge in [-0.3, -0.25) is 0 Å². The summed E-state index contributed by atoms with van der Waals surface area (Å²) in [5.74, 6) is 0.492. The Morgan fingerprint density at radius 3 is 2.75 bits per heavy atom. The lowest BCUT2D eigenvalue weighted by molar-refractivity contribution is 0.239. The highest BCUT2D eigenvalue weighted by Gasteiger charge is 2.23. The van der Waals surface area contributed by atoms with E-state index in [1.54, 1.807) is 0 Å². The molecule has 5 heteroatoms. The Morgan fingerprint density at radius 1 is 1.12 bits per heavy atom. The Bertz CT molecular complexity index is 677. The largest absolute Gasteiger partial charge is 0.371 e. The van der Waals surface area contributed by atoms with Crippen LogP contribution in [0, 0.1) is 5.92 Å². The number of halogens is 1. The smallest absolute Gasteiger partial charge is 0.315 e. The van der Waals surface area contributed by atoms with Crippen molar-refractivity contribution in [3.05, 3.63) is 64.6 Å². The van der Waals surface area contributed by atoms with Gasteiger partial charge in [0.25, 0.3) is 0 Å². The fourth-order valence-corrected chi connectivity index (χ4v) is 3.37. The molecule has 2 amide bonds. The van der Waals surface area contributed by atoms with E-state index in [-0.39, 0.29) is 6.03 Å². The number of urea groups is 1. The number of anilines is 1. The van der Waals surface area contributed by atoms with Crippen molar-refractivity contribution in [1.29, 1.82) is 0 Å². The summed E-state index contributed by atoms with van der Waals surface area (Å²) in [6.07, 6.45) is 1.10. The molecule has 0 aromatic heterocycles. The Morgan fingerprint density at radius 2 is 1.96 bits per heavy atom. The van der Waals surface area contributed by atoms with Gasteiger partial charge < -0.3 is 15.5 Å². The fourth-order valence-electron chi connectivity index (χ4n) is 2.98. The van der Waals surface area contributed by atoms with Gasteiger partial charge in [0.2, 0.25) is 0 Å². The Labute approximate surface area is 151 Å². The molecule has 1 atom stereocenters. The normalized spacial score (nSPS) is 16.9. The number of rotatable bonds is 5. The topological polar surface area (TPSA) is 44.4 Å². The van der Waals surface area contributed by atoms with Crippen LogP contribution in [0.5, 0.6) is 0 Å². The Hall–Kier alpha value is -2.01. The summed E-state index contributed by atoms with van der Waals surface area (Å²) in [7, 11) is 0. The summed E-state index contributed by atoms with van der Waals surface area (Å²) in [6.45, 7) is 3.29. The molecule has 1 aliphatic rings. The lowest BCUT2D eigenvalue weighted by atomic mass is 10.1. The third-order valence-electron chi connectivity index (χ3n) is 4.31. The lowest BCUT2D eigenvalue weighted by Gasteiger charge is -2.19. The van der Waals surface area contributed by atoms with Crippen LogP contribution in [0.4, 0.5) is 10.5 Å². The number of hydrogen-bond donors (Lipinski definition) is 2. The van der Waals surface area contributed by atoms with E-state index < -0.39 is 0 Å². The minimum Gasteiger partial charge on any atom is -0.371 e. The first-order valence-corrected chi connectivity index (χ1v) is 9.06. The van der Waals surface area contributed by atoms with Crippen LogP contribution in [-0.2, 0) is 6.54 Å². The van der Waals surface area contributed by atoms with Gasteiger partial charge in [-0.2, -0.15) is 0 Å². The molecular weight excluding hydrogens is 366 g/mol. The van der Waals surface area contributed by atoms with Gasteiger partial charge in [-0.1, -0.05) is 52.3 Å². The van der Waals surface area contributed by atoms with Crippen LogP contribution >= 0.6 is 15.9 Å². The van der Waals surface area contributed by atoms with E-state index in [0.29, 0.717) is 19.0 Å². The van der Waals surface area contributed by atoms with Crippen molar-refractivity contribution in [3.8, 4) is 0 Å². The quantitative estimate of drug-likeness (QED) is 0.819. The van der Waals surface area contributed by atoms with Crippen LogP contribution in [0.2, 0.25) is 0 Å². The zero-order chi connectivity index (χ0) is 16.8. The monoisotopic (exact) mass is 387 g/mol. The van der Waals surface area contributed by atoms with E-state index in [4.69, 9.17) is 0 Å². The maximum Gasteiger partial charge on any atom is 0.315 e. The van der Waals surface area contributed by atoms with Crippen LogP contribution in [0.15, 0.2) is 59.1 Å². The molecule has 0 spiro atoms. The molecular formula is C19H22BrN3O. The maximum atomic E-state index is 11.9. The van der Waals surface area contributed by atoms with Crippen molar-refractivity contribution in [3.63, 3.8) is 0 Å². The van der Waals surface area contributed by atoms with E-state index in [1.807, 2.05) is 36.4 Å². The first-order valence-electron chi connectivity index (χ1n) is 8.27. The van der Waals surface area contributed by atoms with Gasteiger partial charge in [-0.05, 0) is 36.1 Å². The molecule has 1 saturated heterocycles. The molecule has 0 saturated carbocycles. The zero-order valence-corrected chi connectivity index (χ0v) is 15.1. The molecule has 0 aliphatic carbocycles. The summed E-state index contributed by atoms with van der Waals surface area (Å²) in [6, 6.07) is 18.2. The second-order valence-electron chi connectivity index (χ2n) is 6.13. The zero-order valence-electron chi connectivity index (χ0n) is 13.5. The Balaban J connectivity index is 1.40. The van der Waals surface area contributed by atoms with Gasteiger partial charge in [-0.15, -0.1) is 0 Å². The van der Waals surface area contributed by atoms with Crippen molar-refractivity contribution in [1.82, 2.24) is 10.6 Å². The van der Waals surface area contributed by atoms with E-state index in [1.165, 1.54) is 5.69 Å². The SMILES string of the molecule is O=C(NCc1ccccc1)NCC1CCN(c2cccc(Br)c2)C1. The van der Waals surface area contributed by atoms with Crippen molar-refractivity contribution < 1.29 is 4.79 Å². The molecule has 2 aromatic rings. The average Bonchev–Trinajstić information content (AvgIpc) is 3.08. The number of hydrogen-bond acceptors (Lipinski definition) is 2. The van der Waals surface area contributed by atoms with E-state index in [2.05, 4.69) is 49.7 Å². The standard InChI is InChI=1S/C19H22BrN3O/c20-17-7-4-8-18(11-17)23-10-9-16(14-23)13-22-19(24)21-12-15-5-2-1-3-6-15/h1-8,11,16H,9-10,12-14H2,(H2,21,22,24). The minimum absolute atomic E-state index is 0.0974. The van der Waals surface area contributed by atoms with Gasteiger partial charge in [0.05, 0.1) is 0 Å². The van der Waals surface area contributed by atoms with Gasteiger partial charge in [0, 0.05) is 36.3 Å². The number of nitrogens with one attached hydrogen (secondary N) is 2. The lowest BCUT2D eigenvalue weighted by Crippen LogP contribution is -2.38. The van der Waals surface area contributed by atoms with E-state index >= 15 is 0 Å². The first kappa shape index (κ1) is 16.8. The second-order valence-corrected chi connectivity index (χ2v) is 7.05. The molecule has 1 unspecified atom stereocenters. The predicted molar refractivity (Wildman–Crippen MR) is 101 cm³/mol. The second kappa shape index (κ2) is 8.20. The summed E-state index contributed by atoms with van der Waals surface area (Å²) in [5.41, 5.74) is 2.34. The van der Waals surface area contributed by atoms with Gasteiger partial charge in [0.1, 0.15) is 0 Å². The Kier molecular flexibility index (Phi) is 5.75. The molecule has 0 radical (unpaired) electrons. The molecule has 1 heterocycles. The molecule has 1 fully saturated rings. The first-order chi connectivity index (χ1) is 11.7. The third-order valence-corrected chi connectivity index (χ3v) is 4.80. The highest BCUT2D eigenvalue weighted by atomic mass is 79.9. The van der Waals surface area contributed by atoms with Crippen LogP contribution in [0.25, 0.3) is 0 Å². The molecule has 2 aromatic carbocycles. The maximum absolute atomic E-state index is 11.9. The molecule has 0 bridgehead atoms. The third kappa shape index (κ3) is 4.74. The molecule has 4 nitrogen and oxygen atoms in total. The van der Waals surface area contributed by atoms with Crippen LogP contribution < -0.4 is 15.5 Å². The highest BCUT2D eigenvalue weighted by molar-refractivity contribution is 9.10. The van der Waals surface area contributed by atoms with Crippen LogP contribution in [-0.4, -0.2) is 25.7 Å². The number of amides is 2. The summed E-state index contributed by atoms with van der Waals surface area (Å²) >= 11 is 3.52. The molecule has 126 valence electrons. The van der Waals surface area contributed by atoms with E-state index in [0.717, 1.165) is 29.5 Å². The number of benzene rings is 2. The molecule has 2 N–H and O–H groups in total. The highest BCUT2D eigenvalue weighted by Crippen LogP contribution is 2.25. The van der Waals surface area contributed by atoms with Crippen LogP contribution in [0.1, 0.15) is 12.0 Å². The minimum atomic E-state index is -0.0974.